The maximum Gasteiger partial charge on any atom is 0.287 e. The molecule has 0 spiro atoms. The highest BCUT2D eigenvalue weighted by Gasteiger charge is 2.16. The summed E-state index contributed by atoms with van der Waals surface area (Å²) in [6.45, 7) is 5.02. The number of aromatic nitrogens is 5. The van der Waals surface area contributed by atoms with Crippen molar-refractivity contribution in [2.45, 2.75) is 13.8 Å². The Morgan fingerprint density at radius 2 is 2.00 bits per heavy atom. The number of nitrogens with one attached hydrogen (secondary N) is 3. The van der Waals surface area contributed by atoms with Gasteiger partial charge in [0.15, 0.2) is 11.6 Å². The van der Waals surface area contributed by atoms with Crippen LogP contribution in [0.15, 0.2) is 28.8 Å². The fourth-order valence-corrected chi connectivity index (χ4v) is 3.13. The number of H-pyrrole nitrogens is 2. The van der Waals surface area contributed by atoms with Crippen LogP contribution in [0.4, 0.5) is 0 Å². The van der Waals surface area contributed by atoms with Crippen LogP contribution in [0.1, 0.15) is 22.1 Å². The van der Waals surface area contributed by atoms with Crippen LogP contribution < -0.4 is 5.32 Å². The molecule has 0 aliphatic heterocycles. The van der Waals surface area contributed by atoms with Crippen molar-refractivity contribution in [3.8, 4) is 22.8 Å². The summed E-state index contributed by atoms with van der Waals surface area (Å²) in [5.41, 5.74) is 4.23. The van der Waals surface area contributed by atoms with Crippen molar-refractivity contribution < 1.29 is 9.32 Å². The summed E-state index contributed by atoms with van der Waals surface area (Å²) in [6.07, 6.45) is 0. The van der Waals surface area contributed by atoms with Crippen LogP contribution in [-0.4, -0.2) is 63.1 Å². The number of aryl methyl sites for hydroxylation is 2. The van der Waals surface area contributed by atoms with Gasteiger partial charge in [-0.25, -0.2) is 4.98 Å². The molecule has 0 bridgehead atoms. The van der Waals surface area contributed by atoms with Gasteiger partial charge in [-0.2, -0.15) is 4.98 Å². The van der Waals surface area contributed by atoms with Crippen LogP contribution in [-0.2, 0) is 0 Å². The van der Waals surface area contributed by atoms with E-state index in [1.165, 1.54) is 0 Å². The lowest BCUT2D eigenvalue weighted by molar-refractivity contribution is 0.0941. The highest BCUT2D eigenvalue weighted by molar-refractivity contribution is 5.92. The van der Waals surface area contributed by atoms with Crippen LogP contribution in [0.5, 0.6) is 0 Å². The van der Waals surface area contributed by atoms with Crippen molar-refractivity contribution in [2.75, 3.05) is 27.2 Å². The molecule has 9 nitrogen and oxygen atoms in total. The highest BCUT2D eigenvalue weighted by Crippen LogP contribution is 2.28. The molecule has 0 aliphatic carbocycles. The molecule has 1 aromatic carbocycles. The van der Waals surface area contributed by atoms with Gasteiger partial charge in [-0.15, -0.1) is 0 Å². The van der Waals surface area contributed by atoms with E-state index in [0.717, 1.165) is 40.1 Å². The Labute approximate surface area is 167 Å². The average molecular weight is 393 g/mol. The molecule has 0 saturated carbocycles. The number of fused-ring (bicyclic) bond motifs is 1. The Hall–Kier alpha value is -3.46. The minimum absolute atomic E-state index is 0.210. The van der Waals surface area contributed by atoms with Crippen molar-refractivity contribution in [1.29, 1.82) is 0 Å². The van der Waals surface area contributed by atoms with E-state index in [1.807, 2.05) is 50.2 Å². The van der Waals surface area contributed by atoms with Crippen LogP contribution in [0, 0.1) is 13.8 Å². The first-order chi connectivity index (χ1) is 13.9. The van der Waals surface area contributed by atoms with Crippen LogP contribution >= 0.6 is 0 Å². The number of hydrogen-bond donors (Lipinski definition) is 3. The van der Waals surface area contributed by atoms with E-state index in [2.05, 4.69) is 30.4 Å². The molecule has 0 radical (unpaired) electrons. The molecule has 0 aliphatic rings. The summed E-state index contributed by atoms with van der Waals surface area (Å²) in [5.74, 6) is 1.14. The number of aromatic amines is 2. The van der Waals surface area contributed by atoms with E-state index < -0.39 is 0 Å². The Morgan fingerprint density at radius 1 is 1.17 bits per heavy atom. The number of hydrogen-bond acceptors (Lipinski definition) is 6. The molecule has 3 heterocycles. The number of imidazole rings is 1. The lowest BCUT2D eigenvalue weighted by atomic mass is 10.1. The van der Waals surface area contributed by atoms with Gasteiger partial charge < -0.3 is 24.7 Å². The molecule has 0 saturated heterocycles. The Morgan fingerprint density at radius 3 is 2.72 bits per heavy atom. The van der Waals surface area contributed by atoms with Gasteiger partial charge in [-0.1, -0.05) is 11.2 Å². The summed E-state index contributed by atoms with van der Waals surface area (Å²) in [6, 6.07) is 7.93. The van der Waals surface area contributed by atoms with Gasteiger partial charge in [0.2, 0.25) is 0 Å². The number of carbonyl (C=O) groups is 1. The third-order valence-corrected chi connectivity index (χ3v) is 4.60. The quantitative estimate of drug-likeness (QED) is 0.464. The lowest BCUT2D eigenvalue weighted by Crippen LogP contribution is -2.31. The SMILES string of the molecule is Cc1noc(-c2cc3cc(-c4nc(C(=O)NCCN(C)C)[nH]c4C)ccc3[nH]2)n1. The monoisotopic (exact) mass is 393 g/mol. The topological polar surface area (TPSA) is 116 Å². The molecule has 0 fully saturated rings. The first-order valence-electron chi connectivity index (χ1n) is 9.34. The molecule has 4 rings (SSSR count). The minimum Gasteiger partial charge on any atom is -0.351 e. The van der Waals surface area contributed by atoms with Gasteiger partial charge in [0, 0.05) is 35.2 Å². The maximum absolute atomic E-state index is 12.3. The van der Waals surface area contributed by atoms with E-state index in [0.29, 0.717) is 24.1 Å². The normalized spacial score (nSPS) is 11.5. The van der Waals surface area contributed by atoms with Gasteiger partial charge >= 0.3 is 0 Å². The van der Waals surface area contributed by atoms with Gasteiger partial charge in [0.25, 0.3) is 11.8 Å². The zero-order valence-electron chi connectivity index (χ0n) is 16.8. The number of carbonyl (C=O) groups excluding carboxylic acids is 1. The maximum atomic E-state index is 12.3. The number of nitrogens with zero attached hydrogens (tertiary/aromatic N) is 4. The molecular weight excluding hydrogens is 370 g/mol. The predicted octanol–water partition coefficient (Wildman–Crippen LogP) is 2.52. The number of benzene rings is 1. The minimum atomic E-state index is -0.210. The summed E-state index contributed by atoms with van der Waals surface area (Å²) < 4.78 is 5.23. The van der Waals surface area contributed by atoms with Gasteiger partial charge in [-0.05, 0) is 46.1 Å². The van der Waals surface area contributed by atoms with Crippen LogP contribution in [0.2, 0.25) is 0 Å². The van der Waals surface area contributed by atoms with E-state index in [9.17, 15) is 4.79 Å². The van der Waals surface area contributed by atoms with Crippen molar-refractivity contribution in [2.24, 2.45) is 0 Å². The predicted molar refractivity (Wildman–Crippen MR) is 110 cm³/mol. The lowest BCUT2D eigenvalue weighted by Gasteiger charge is -2.09. The second-order valence-corrected chi connectivity index (χ2v) is 7.25. The van der Waals surface area contributed by atoms with E-state index in [4.69, 9.17) is 4.52 Å². The smallest absolute Gasteiger partial charge is 0.287 e. The molecule has 3 N–H and O–H groups in total. The second kappa shape index (κ2) is 7.51. The fraction of sp³-hybridized carbons (Fsp3) is 0.300. The van der Waals surface area contributed by atoms with Gasteiger partial charge in [0.05, 0.1) is 5.69 Å². The zero-order valence-corrected chi connectivity index (χ0v) is 16.8. The molecular formula is C20H23N7O2. The van der Waals surface area contributed by atoms with Crippen molar-refractivity contribution >= 4 is 16.8 Å². The molecule has 150 valence electrons. The van der Waals surface area contributed by atoms with Crippen LogP contribution in [0.3, 0.4) is 0 Å². The van der Waals surface area contributed by atoms with Crippen molar-refractivity contribution in [3.05, 3.63) is 41.6 Å². The van der Waals surface area contributed by atoms with E-state index >= 15 is 0 Å². The van der Waals surface area contributed by atoms with Crippen molar-refractivity contribution in [1.82, 2.24) is 35.3 Å². The third-order valence-electron chi connectivity index (χ3n) is 4.60. The number of rotatable bonds is 6. The number of likely N-dealkylation sites (N-methyl/N-ethyl adjacent to an activating group) is 1. The molecule has 1 amide bonds. The zero-order chi connectivity index (χ0) is 20.5. The molecule has 9 heteroatoms. The largest absolute Gasteiger partial charge is 0.351 e. The van der Waals surface area contributed by atoms with Crippen molar-refractivity contribution in [3.63, 3.8) is 0 Å². The number of amides is 1. The molecule has 3 aromatic heterocycles. The summed E-state index contributed by atoms with van der Waals surface area (Å²) in [7, 11) is 3.92. The standard InChI is InChI=1S/C20H23N7O2/c1-11-17(25-18(22-11)19(28)21-7-8-27(3)4)13-5-6-15-14(9-13)10-16(24-15)20-23-12(2)26-29-20/h5-6,9-10,24H,7-8H2,1-4H3,(H,21,28)(H,22,25). The molecule has 0 unspecified atom stereocenters. The van der Waals surface area contributed by atoms with E-state index in [-0.39, 0.29) is 5.91 Å². The molecule has 29 heavy (non-hydrogen) atoms. The Kier molecular flexibility index (Phi) is 4.89. The first kappa shape index (κ1) is 18.9. The highest BCUT2D eigenvalue weighted by atomic mass is 16.5. The second-order valence-electron chi connectivity index (χ2n) is 7.25. The molecule has 0 atom stereocenters. The van der Waals surface area contributed by atoms with Gasteiger partial charge in [-0.3, -0.25) is 4.79 Å². The Balaban J connectivity index is 1.59. The summed E-state index contributed by atoms with van der Waals surface area (Å²) in [5, 5.41) is 7.70. The summed E-state index contributed by atoms with van der Waals surface area (Å²) >= 11 is 0. The average Bonchev–Trinajstić information content (AvgIpc) is 3.38. The van der Waals surface area contributed by atoms with Gasteiger partial charge in [0.1, 0.15) is 5.69 Å². The van der Waals surface area contributed by atoms with Crippen LogP contribution in [0.25, 0.3) is 33.7 Å². The fourth-order valence-electron chi connectivity index (χ4n) is 3.13. The summed E-state index contributed by atoms with van der Waals surface area (Å²) in [4.78, 5) is 29.5. The van der Waals surface area contributed by atoms with E-state index in [1.54, 1.807) is 6.92 Å². The first-order valence-corrected chi connectivity index (χ1v) is 9.34. The molecule has 4 aromatic rings. The third kappa shape index (κ3) is 3.90. The Bertz CT molecular complexity index is 1170.